The van der Waals surface area contributed by atoms with Gasteiger partial charge in [-0.25, -0.2) is 9.97 Å². The number of rotatable bonds is 4. The summed E-state index contributed by atoms with van der Waals surface area (Å²) < 4.78 is 39.2. The molecule has 0 aliphatic carbocycles. The first-order valence-electron chi connectivity index (χ1n) is 10.5. The van der Waals surface area contributed by atoms with E-state index in [2.05, 4.69) is 39.3 Å². The molecule has 0 unspecified atom stereocenters. The zero-order valence-corrected chi connectivity index (χ0v) is 17.2. The van der Waals surface area contributed by atoms with Crippen LogP contribution in [0.1, 0.15) is 56.7 Å². The maximum Gasteiger partial charge on any atom is 0.416 e. The number of pyridine rings is 1. The number of nitrogens with zero attached hydrogens (tertiary/aromatic N) is 4. The highest BCUT2D eigenvalue weighted by Gasteiger charge is 2.32. The molecule has 4 rings (SSSR count). The molecule has 2 saturated heterocycles. The third kappa shape index (κ3) is 4.50. The molecule has 4 heterocycles. The molecule has 0 bridgehead atoms. The van der Waals surface area contributed by atoms with Gasteiger partial charge >= 0.3 is 6.18 Å². The predicted octanol–water partition coefficient (Wildman–Crippen LogP) is 4.48. The zero-order valence-electron chi connectivity index (χ0n) is 17.2. The summed E-state index contributed by atoms with van der Waals surface area (Å²) in [5.74, 6) is 1.54. The van der Waals surface area contributed by atoms with Gasteiger partial charge in [-0.2, -0.15) is 18.2 Å². The van der Waals surface area contributed by atoms with Crippen molar-refractivity contribution in [2.75, 3.05) is 23.3 Å². The van der Waals surface area contributed by atoms with Crippen LogP contribution in [-0.4, -0.2) is 40.1 Å². The Kier molecular flexibility index (Phi) is 5.81. The number of piperidine rings is 1. The molecule has 0 saturated carbocycles. The number of alkyl halides is 3. The minimum atomic E-state index is -4.42. The molecule has 0 amide bonds. The first kappa shape index (κ1) is 20.8. The lowest BCUT2D eigenvalue weighted by Crippen LogP contribution is -2.35. The molecule has 2 aliphatic rings. The van der Waals surface area contributed by atoms with Gasteiger partial charge in [-0.15, -0.1) is 0 Å². The van der Waals surface area contributed by atoms with Crippen LogP contribution in [0.25, 0.3) is 0 Å². The van der Waals surface area contributed by atoms with Gasteiger partial charge in [-0.05, 0) is 64.8 Å². The standard InChI is InChI=1S/C21H27F3N6/c1-13-3-4-14(2)30(13)20-27-17(15-5-8-25-9-6-15)12-19(29-20)28-18-11-16(7-10-26-18)21(22,23)24/h7,10-15,25H,3-6,8-9H2,1-2H3,(H,26,27,28,29)/t13-,14-/m1/s1. The predicted molar refractivity (Wildman–Crippen MR) is 110 cm³/mol. The Hall–Kier alpha value is -2.42. The van der Waals surface area contributed by atoms with Crippen molar-refractivity contribution in [3.8, 4) is 0 Å². The van der Waals surface area contributed by atoms with Crippen molar-refractivity contribution in [1.29, 1.82) is 0 Å². The number of anilines is 3. The van der Waals surface area contributed by atoms with Crippen LogP contribution < -0.4 is 15.5 Å². The lowest BCUT2D eigenvalue weighted by molar-refractivity contribution is -0.137. The average Bonchev–Trinajstić information content (AvgIpc) is 3.06. The van der Waals surface area contributed by atoms with E-state index in [0.717, 1.165) is 62.8 Å². The van der Waals surface area contributed by atoms with E-state index in [9.17, 15) is 13.2 Å². The minimum Gasteiger partial charge on any atom is -0.335 e. The Morgan fingerprint density at radius 1 is 1.00 bits per heavy atom. The minimum absolute atomic E-state index is 0.119. The Balaban J connectivity index is 1.69. The van der Waals surface area contributed by atoms with Crippen molar-refractivity contribution in [1.82, 2.24) is 20.3 Å². The van der Waals surface area contributed by atoms with E-state index in [1.807, 2.05) is 6.07 Å². The van der Waals surface area contributed by atoms with Crippen LogP contribution in [0.15, 0.2) is 24.4 Å². The van der Waals surface area contributed by atoms with Crippen LogP contribution in [0.5, 0.6) is 0 Å². The van der Waals surface area contributed by atoms with Gasteiger partial charge in [0.15, 0.2) is 0 Å². The highest BCUT2D eigenvalue weighted by Crippen LogP contribution is 2.33. The number of nitrogens with one attached hydrogen (secondary N) is 2. The first-order chi connectivity index (χ1) is 14.3. The fourth-order valence-corrected chi connectivity index (χ4v) is 4.35. The van der Waals surface area contributed by atoms with E-state index < -0.39 is 11.7 Å². The third-order valence-electron chi connectivity index (χ3n) is 6.02. The van der Waals surface area contributed by atoms with Crippen LogP contribution >= 0.6 is 0 Å². The molecule has 2 fully saturated rings. The summed E-state index contributed by atoms with van der Waals surface area (Å²) in [4.78, 5) is 15.8. The highest BCUT2D eigenvalue weighted by atomic mass is 19.4. The maximum atomic E-state index is 13.1. The van der Waals surface area contributed by atoms with Crippen molar-refractivity contribution in [2.24, 2.45) is 0 Å². The summed E-state index contributed by atoms with van der Waals surface area (Å²) in [6.45, 7) is 6.17. The lowest BCUT2D eigenvalue weighted by Gasteiger charge is -2.29. The average molecular weight is 420 g/mol. The first-order valence-corrected chi connectivity index (χ1v) is 10.5. The molecule has 2 N–H and O–H groups in total. The van der Waals surface area contributed by atoms with Crippen LogP contribution in [0.3, 0.4) is 0 Å². The molecule has 162 valence electrons. The maximum absolute atomic E-state index is 13.1. The Bertz CT molecular complexity index is 871. The lowest BCUT2D eigenvalue weighted by atomic mass is 9.94. The van der Waals surface area contributed by atoms with E-state index >= 15 is 0 Å². The zero-order chi connectivity index (χ0) is 21.3. The Morgan fingerprint density at radius 2 is 1.70 bits per heavy atom. The quantitative estimate of drug-likeness (QED) is 0.761. The van der Waals surface area contributed by atoms with Gasteiger partial charge in [0.05, 0.1) is 11.3 Å². The molecule has 2 aromatic heterocycles. The van der Waals surface area contributed by atoms with E-state index in [1.165, 1.54) is 0 Å². The van der Waals surface area contributed by atoms with Crippen LogP contribution in [0, 0.1) is 0 Å². The normalized spacial score (nSPS) is 23.0. The van der Waals surface area contributed by atoms with Gasteiger partial charge in [0, 0.05) is 30.3 Å². The summed E-state index contributed by atoms with van der Waals surface area (Å²) in [6, 6.07) is 4.47. The number of hydrogen-bond donors (Lipinski definition) is 2. The second kappa shape index (κ2) is 8.37. The van der Waals surface area contributed by atoms with Gasteiger partial charge in [0.1, 0.15) is 11.6 Å². The van der Waals surface area contributed by atoms with Crippen molar-refractivity contribution < 1.29 is 13.2 Å². The Labute approximate surface area is 174 Å². The monoisotopic (exact) mass is 420 g/mol. The van der Waals surface area contributed by atoms with Gasteiger partial charge in [-0.1, -0.05) is 0 Å². The van der Waals surface area contributed by atoms with E-state index in [0.29, 0.717) is 29.8 Å². The van der Waals surface area contributed by atoms with Crippen LogP contribution in [0.4, 0.5) is 30.8 Å². The summed E-state index contributed by atoms with van der Waals surface area (Å²) in [5.41, 5.74) is 0.192. The highest BCUT2D eigenvalue weighted by molar-refractivity contribution is 5.56. The van der Waals surface area contributed by atoms with Gasteiger partial charge in [0.25, 0.3) is 0 Å². The smallest absolute Gasteiger partial charge is 0.335 e. The molecule has 2 atom stereocenters. The molecule has 6 nitrogen and oxygen atoms in total. The van der Waals surface area contributed by atoms with Gasteiger partial charge < -0.3 is 15.5 Å². The number of hydrogen-bond acceptors (Lipinski definition) is 6. The summed E-state index contributed by atoms with van der Waals surface area (Å²) >= 11 is 0. The number of halogens is 3. The van der Waals surface area contributed by atoms with E-state index in [-0.39, 0.29) is 5.82 Å². The van der Waals surface area contributed by atoms with E-state index in [4.69, 9.17) is 4.98 Å². The van der Waals surface area contributed by atoms with Gasteiger partial charge in [0.2, 0.25) is 5.95 Å². The van der Waals surface area contributed by atoms with Crippen molar-refractivity contribution in [3.05, 3.63) is 35.7 Å². The fraction of sp³-hybridized carbons (Fsp3) is 0.571. The Morgan fingerprint density at radius 3 is 2.37 bits per heavy atom. The van der Waals surface area contributed by atoms with E-state index in [1.54, 1.807) is 0 Å². The molecule has 2 aromatic rings. The molecular formula is C21H27F3N6. The molecule has 0 radical (unpaired) electrons. The molecule has 30 heavy (non-hydrogen) atoms. The topological polar surface area (TPSA) is 66.0 Å². The largest absolute Gasteiger partial charge is 0.416 e. The molecule has 9 heteroatoms. The van der Waals surface area contributed by atoms with Crippen LogP contribution in [-0.2, 0) is 6.18 Å². The molecule has 0 spiro atoms. The molecular weight excluding hydrogens is 393 g/mol. The van der Waals surface area contributed by atoms with Crippen molar-refractivity contribution in [3.63, 3.8) is 0 Å². The summed E-state index contributed by atoms with van der Waals surface area (Å²) in [7, 11) is 0. The number of aromatic nitrogens is 3. The van der Waals surface area contributed by atoms with Crippen molar-refractivity contribution >= 4 is 17.6 Å². The van der Waals surface area contributed by atoms with Crippen LogP contribution in [0.2, 0.25) is 0 Å². The molecule has 2 aliphatic heterocycles. The summed E-state index contributed by atoms with van der Waals surface area (Å²) in [5, 5.41) is 6.34. The fourth-order valence-electron chi connectivity index (χ4n) is 4.35. The SMILES string of the molecule is C[C@@H]1CC[C@@H](C)N1c1nc(Nc2cc(C(F)(F)F)ccn2)cc(C2CCNCC2)n1. The second-order valence-corrected chi connectivity index (χ2v) is 8.24. The van der Waals surface area contributed by atoms with Crippen molar-refractivity contribution in [2.45, 2.75) is 63.7 Å². The van der Waals surface area contributed by atoms with Gasteiger partial charge in [-0.3, -0.25) is 0 Å². The molecule has 0 aromatic carbocycles. The third-order valence-corrected chi connectivity index (χ3v) is 6.02. The summed E-state index contributed by atoms with van der Waals surface area (Å²) in [6.07, 6.45) is 0.828. The second-order valence-electron chi connectivity index (χ2n) is 8.24.